The van der Waals surface area contributed by atoms with Crippen LogP contribution in [0.3, 0.4) is 0 Å². The second-order valence-corrected chi connectivity index (χ2v) is 10.4. The van der Waals surface area contributed by atoms with Crippen molar-refractivity contribution in [2.45, 2.75) is 23.8 Å². The Morgan fingerprint density at radius 3 is 2.09 bits per heavy atom. The lowest BCUT2D eigenvalue weighted by Crippen LogP contribution is -2.19. The van der Waals surface area contributed by atoms with Gasteiger partial charge in [-0.15, -0.1) is 0 Å². The average Bonchev–Trinajstić information content (AvgIpc) is 3.31. The molecule has 1 amide bonds. The third-order valence-corrected chi connectivity index (χ3v) is 7.35. The fourth-order valence-electron chi connectivity index (χ4n) is 4.31. The van der Waals surface area contributed by atoms with E-state index >= 15 is 0 Å². The summed E-state index contributed by atoms with van der Waals surface area (Å²) in [5, 5.41) is 7.35. The molecule has 1 aliphatic heterocycles. The van der Waals surface area contributed by atoms with E-state index in [1.165, 1.54) is 16.8 Å². The van der Waals surface area contributed by atoms with Crippen molar-refractivity contribution in [1.29, 1.82) is 0 Å². The average molecular weight is 476 g/mol. The molecule has 3 aromatic carbocycles. The van der Waals surface area contributed by atoms with Gasteiger partial charge in [0, 0.05) is 17.9 Å². The van der Waals surface area contributed by atoms with Gasteiger partial charge >= 0.3 is 0 Å². The molecule has 1 aromatic heterocycles. The minimum absolute atomic E-state index is 0.157. The van der Waals surface area contributed by atoms with Crippen LogP contribution < -0.4 is 5.32 Å². The molecule has 0 radical (unpaired) electrons. The second kappa shape index (κ2) is 8.87. The first-order chi connectivity index (χ1) is 16.4. The molecule has 6 nitrogen and oxygen atoms in total. The maximum atomic E-state index is 13.5. The summed E-state index contributed by atoms with van der Waals surface area (Å²) < 4.78 is 39.4. The molecule has 34 heavy (non-hydrogen) atoms. The van der Waals surface area contributed by atoms with Crippen LogP contribution in [0.1, 0.15) is 34.7 Å². The molecule has 4 aromatic rings. The van der Waals surface area contributed by atoms with Crippen LogP contribution in [0.5, 0.6) is 0 Å². The van der Waals surface area contributed by atoms with E-state index in [1.807, 2.05) is 60.7 Å². The SMILES string of the molecule is O=C(CC(c1ccccc1)c1ccccc1)Nc1c2c(nn1-c1ccc(F)cc1)CS(=O)(=O)C2. The molecule has 0 spiro atoms. The van der Waals surface area contributed by atoms with Crippen molar-refractivity contribution in [2.24, 2.45) is 0 Å². The molecule has 0 atom stereocenters. The number of carbonyl (C=O) groups is 1. The maximum absolute atomic E-state index is 13.5. The standard InChI is InChI=1S/C26H22FN3O3S/c27-20-11-13-21(14-12-20)30-26(23-16-34(32,33)17-24(23)29-30)28-25(31)15-22(18-7-3-1-4-8-18)19-9-5-2-6-10-19/h1-14,22H,15-17H2,(H,28,31). The highest BCUT2D eigenvalue weighted by molar-refractivity contribution is 7.90. The quantitative estimate of drug-likeness (QED) is 0.442. The second-order valence-electron chi connectivity index (χ2n) is 8.32. The highest BCUT2D eigenvalue weighted by Gasteiger charge is 2.33. The van der Waals surface area contributed by atoms with Crippen molar-refractivity contribution >= 4 is 21.6 Å². The van der Waals surface area contributed by atoms with Gasteiger partial charge in [-0.05, 0) is 35.4 Å². The van der Waals surface area contributed by atoms with Gasteiger partial charge in [0.25, 0.3) is 0 Å². The largest absolute Gasteiger partial charge is 0.310 e. The fourth-order valence-corrected chi connectivity index (χ4v) is 5.80. The Bertz CT molecular complexity index is 1390. The summed E-state index contributed by atoms with van der Waals surface area (Å²) in [4.78, 5) is 13.3. The number of fused-ring (bicyclic) bond motifs is 1. The van der Waals surface area contributed by atoms with E-state index in [1.54, 1.807) is 12.1 Å². The number of anilines is 1. The Morgan fingerprint density at radius 2 is 1.50 bits per heavy atom. The monoisotopic (exact) mass is 475 g/mol. The molecule has 1 N–H and O–H groups in total. The molecule has 172 valence electrons. The predicted molar refractivity (Wildman–Crippen MR) is 128 cm³/mol. The number of carbonyl (C=O) groups excluding carboxylic acids is 1. The van der Waals surface area contributed by atoms with Crippen LogP contribution in [0.2, 0.25) is 0 Å². The van der Waals surface area contributed by atoms with Crippen molar-refractivity contribution < 1.29 is 17.6 Å². The van der Waals surface area contributed by atoms with Crippen molar-refractivity contribution in [3.63, 3.8) is 0 Å². The van der Waals surface area contributed by atoms with E-state index in [9.17, 15) is 17.6 Å². The number of hydrogen-bond acceptors (Lipinski definition) is 4. The highest BCUT2D eigenvalue weighted by Crippen LogP contribution is 2.34. The molecule has 0 unspecified atom stereocenters. The normalized spacial score (nSPS) is 14.2. The van der Waals surface area contributed by atoms with Gasteiger partial charge in [-0.2, -0.15) is 5.10 Å². The Kier molecular flexibility index (Phi) is 5.75. The number of sulfone groups is 1. The Labute approximate surface area is 197 Å². The lowest BCUT2D eigenvalue weighted by Gasteiger charge is -2.18. The molecule has 2 heterocycles. The number of benzene rings is 3. The van der Waals surface area contributed by atoms with E-state index in [0.717, 1.165) is 11.1 Å². The van der Waals surface area contributed by atoms with Gasteiger partial charge in [-0.1, -0.05) is 60.7 Å². The van der Waals surface area contributed by atoms with Crippen molar-refractivity contribution in [3.8, 4) is 5.69 Å². The van der Waals surface area contributed by atoms with Gasteiger partial charge in [0.15, 0.2) is 9.84 Å². The van der Waals surface area contributed by atoms with E-state index in [0.29, 0.717) is 22.8 Å². The molecule has 0 saturated heterocycles. The summed E-state index contributed by atoms with van der Waals surface area (Å²) in [5.41, 5.74) is 3.43. The molecular formula is C26H22FN3O3S. The molecule has 8 heteroatoms. The zero-order chi connectivity index (χ0) is 23.7. The van der Waals surface area contributed by atoms with Crippen LogP contribution in [-0.4, -0.2) is 24.1 Å². The van der Waals surface area contributed by atoms with Gasteiger partial charge in [-0.25, -0.2) is 17.5 Å². The number of halogens is 1. The summed E-state index contributed by atoms with van der Waals surface area (Å²) in [6.45, 7) is 0. The third-order valence-electron chi connectivity index (χ3n) is 5.91. The maximum Gasteiger partial charge on any atom is 0.226 e. The van der Waals surface area contributed by atoms with Crippen molar-refractivity contribution in [2.75, 3.05) is 5.32 Å². The van der Waals surface area contributed by atoms with Gasteiger partial charge in [0.05, 0.1) is 22.9 Å². The van der Waals surface area contributed by atoms with Gasteiger partial charge in [0.1, 0.15) is 11.6 Å². The summed E-state index contributed by atoms with van der Waals surface area (Å²) >= 11 is 0. The van der Waals surface area contributed by atoms with Crippen LogP contribution in [0, 0.1) is 5.82 Å². The topological polar surface area (TPSA) is 81.1 Å². The summed E-state index contributed by atoms with van der Waals surface area (Å²) in [7, 11) is -3.32. The molecule has 1 aliphatic rings. The predicted octanol–water partition coefficient (Wildman–Crippen LogP) is 4.60. The summed E-state index contributed by atoms with van der Waals surface area (Å²) in [6, 6.07) is 25.2. The first-order valence-electron chi connectivity index (χ1n) is 10.9. The number of rotatable bonds is 6. The van der Waals surface area contributed by atoms with E-state index in [2.05, 4.69) is 10.4 Å². The Hall–Kier alpha value is -3.78. The Morgan fingerprint density at radius 1 is 0.912 bits per heavy atom. The van der Waals surface area contributed by atoms with E-state index in [4.69, 9.17) is 0 Å². The molecule has 0 fully saturated rings. The number of aromatic nitrogens is 2. The number of nitrogens with one attached hydrogen (secondary N) is 1. The minimum Gasteiger partial charge on any atom is -0.310 e. The van der Waals surface area contributed by atoms with E-state index in [-0.39, 0.29) is 29.8 Å². The Balaban J connectivity index is 1.49. The minimum atomic E-state index is -3.32. The molecule has 0 bridgehead atoms. The van der Waals surface area contributed by atoms with Gasteiger partial charge in [-0.3, -0.25) is 4.79 Å². The van der Waals surface area contributed by atoms with Crippen molar-refractivity contribution in [1.82, 2.24) is 9.78 Å². The highest BCUT2D eigenvalue weighted by atomic mass is 32.2. The summed E-state index contributed by atoms with van der Waals surface area (Å²) in [6.07, 6.45) is 0.157. The van der Waals surface area contributed by atoms with Gasteiger partial charge in [0.2, 0.25) is 5.91 Å². The molecule has 5 rings (SSSR count). The number of nitrogens with zero attached hydrogens (tertiary/aromatic N) is 2. The van der Waals surface area contributed by atoms with Crippen LogP contribution >= 0.6 is 0 Å². The van der Waals surface area contributed by atoms with Gasteiger partial charge < -0.3 is 5.32 Å². The smallest absolute Gasteiger partial charge is 0.226 e. The first-order valence-corrected chi connectivity index (χ1v) is 12.7. The zero-order valence-corrected chi connectivity index (χ0v) is 19.0. The zero-order valence-electron chi connectivity index (χ0n) is 18.2. The number of hydrogen-bond donors (Lipinski definition) is 1. The lowest BCUT2D eigenvalue weighted by atomic mass is 9.88. The third kappa shape index (κ3) is 4.49. The number of amides is 1. The summed E-state index contributed by atoms with van der Waals surface area (Å²) in [5.74, 6) is -0.914. The van der Waals surface area contributed by atoms with E-state index < -0.39 is 15.7 Å². The van der Waals surface area contributed by atoms with Crippen LogP contribution in [0.25, 0.3) is 5.69 Å². The van der Waals surface area contributed by atoms with Crippen molar-refractivity contribution in [3.05, 3.63) is 113 Å². The lowest BCUT2D eigenvalue weighted by molar-refractivity contribution is -0.116. The fraction of sp³-hybridized carbons (Fsp3) is 0.154. The molecular weight excluding hydrogens is 453 g/mol. The van der Waals surface area contributed by atoms with Crippen LogP contribution in [-0.2, 0) is 26.1 Å². The molecule has 0 saturated carbocycles. The van der Waals surface area contributed by atoms with Crippen LogP contribution in [0.4, 0.5) is 10.2 Å². The molecule has 0 aliphatic carbocycles. The van der Waals surface area contributed by atoms with Crippen LogP contribution in [0.15, 0.2) is 84.9 Å². The first kappa shape index (κ1) is 22.0.